The summed E-state index contributed by atoms with van der Waals surface area (Å²) in [5.41, 5.74) is 2.15. The van der Waals surface area contributed by atoms with Crippen molar-refractivity contribution in [3.05, 3.63) is 52.8 Å². The first kappa shape index (κ1) is 18.0. The Morgan fingerprint density at radius 2 is 2.04 bits per heavy atom. The summed E-state index contributed by atoms with van der Waals surface area (Å²) in [7, 11) is 0. The zero-order valence-electron chi connectivity index (χ0n) is 14.6. The van der Waals surface area contributed by atoms with Gasteiger partial charge in [-0.3, -0.25) is 14.4 Å². The second-order valence-corrected chi connectivity index (χ2v) is 7.06. The summed E-state index contributed by atoms with van der Waals surface area (Å²) in [4.78, 5) is 14.7. The molecule has 1 aliphatic heterocycles. The standard InChI is InChI=1S/C19H25ClN4O/c1-15-6-12-24(22-15)13-9-21-19(25)16-7-10-23(11-8-16)14-17-4-2-3-5-18(17)20/h2-6,12,16H,7-11,13-14H2,1H3,(H,21,25). The largest absolute Gasteiger partial charge is 0.354 e. The molecule has 1 saturated heterocycles. The maximum atomic E-state index is 12.3. The molecule has 1 amide bonds. The van der Waals surface area contributed by atoms with E-state index in [1.165, 1.54) is 0 Å². The molecule has 0 radical (unpaired) electrons. The number of aryl methyl sites for hydroxylation is 1. The molecule has 0 saturated carbocycles. The van der Waals surface area contributed by atoms with Gasteiger partial charge in [-0.05, 0) is 50.6 Å². The van der Waals surface area contributed by atoms with E-state index in [0.717, 1.165) is 48.8 Å². The molecular weight excluding hydrogens is 336 g/mol. The number of rotatable bonds is 6. The number of carbonyl (C=O) groups is 1. The summed E-state index contributed by atoms with van der Waals surface area (Å²) in [6.07, 6.45) is 3.74. The van der Waals surface area contributed by atoms with Gasteiger partial charge in [-0.2, -0.15) is 5.10 Å². The van der Waals surface area contributed by atoms with Crippen LogP contribution in [-0.2, 0) is 17.9 Å². The van der Waals surface area contributed by atoms with Crippen LogP contribution >= 0.6 is 11.6 Å². The van der Waals surface area contributed by atoms with Crippen molar-refractivity contribution in [2.24, 2.45) is 5.92 Å². The van der Waals surface area contributed by atoms with E-state index in [0.29, 0.717) is 13.1 Å². The highest BCUT2D eigenvalue weighted by Gasteiger charge is 2.24. The lowest BCUT2D eigenvalue weighted by Gasteiger charge is -2.31. The number of hydrogen-bond acceptors (Lipinski definition) is 3. The van der Waals surface area contributed by atoms with Crippen LogP contribution in [0.5, 0.6) is 0 Å². The fourth-order valence-corrected chi connectivity index (χ4v) is 3.44. The minimum absolute atomic E-state index is 0.113. The molecule has 0 unspecified atom stereocenters. The minimum Gasteiger partial charge on any atom is -0.354 e. The van der Waals surface area contributed by atoms with Crippen molar-refractivity contribution < 1.29 is 4.79 Å². The molecule has 1 fully saturated rings. The zero-order chi connectivity index (χ0) is 17.6. The molecule has 2 aromatic rings. The quantitative estimate of drug-likeness (QED) is 0.861. The highest BCUT2D eigenvalue weighted by molar-refractivity contribution is 6.31. The topological polar surface area (TPSA) is 50.2 Å². The highest BCUT2D eigenvalue weighted by Crippen LogP contribution is 2.22. The molecule has 0 aliphatic carbocycles. The predicted molar refractivity (Wildman–Crippen MR) is 99.4 cm³/mol. The molecule has 1 N–H and O–H groups in total. The Balaban J connectivity index is 1.39. The van der Waals surface area contributed by atoms with Gasteiger partial charge in [0.25, 0.3) is 0 Å². The van der Waals surface area contributed by atoms with Crippen molar-refractivity contribution in [3.63, 3.8) is 0 Å². The maximum absolute atomic E-state index is 12.3. The summed E-state index contributed by atoms with van der Waals surface area (Å²) < 4.78 is 1.86. The Labute approximate surface area is 154 Å². The van der Waals surface area contributed by atoms with Gasteiger partial charge >= 0.3 is 0 Å². The van der Waals surface area contributed by atoms with Crippen molar-refractivity contribution in [1.29, 1.82) is 0 Å². The van der Waals surface area contributed by atoms with E-state index in [1.54, 1.807) is 0 Å². The highest BCUT2D eigenvalue weighted by atomic mass is 35.5. The first-order valence-electron chi connectivity index (χ1n) is 8.85. The van der Waals surface area contributed by atoms with Crippen molar-refractivity contribution in [1.82, 2.24) is 20.0 Å². The molecule has 1 aliphatic rings. The Hall–Kier alpha value is -1.85. The van der Waals surface area contributed by atoms with Crippen molar-refractivity contribution >= 4 is 17.5 Å². The Morgan fingerprint density at radius 3 is 2.72 bits per heavy atom. The molecular formula is C19H25ClN4O. The van der Waals surface area contributed by atoms with Crippen LogP contribution in [0.1, 0.15) is 24.1 Å². The Kier molecular flexibility index (Phi) is 6.10. The smallest absolute Gasteiger partial charge is 0.223 e. The van der Waals surface area contributed by atoms with Crippen LogP contribution in [-0.4, -0.2) is 40.2 Å². The first-order chi connectivity index (χ1) is 12.1. The van der Waals surface area contributed by atoms with Gasteiger partial charge < -0.3 is 5.32 Å². The summed E-state index contributed by atoms with van der Waals surface area (Å²) in [5.74, 6) is 0.281. The van der Waals surface area contributed by atoms with E-state index < -0.39 is 0 Å². The molecule has 6 heteroatoms. The maximum Gasteiger partial charge on any atom is 0.223 e. The van der Waals surface area contributed by atoms with E-state index in [2.05, 4.69) is 21.4 Å². The molecule has 1 aromatic carbocycles. The van der Waals surface area contributed by atoms with E-state index in [1.807, 2.05) is 42.1 Å². The van der Waals surface area contributed by atoms with Gasteiger partial charge in [-0.25, -0.2) is 0 Å². The number of nitrogens with zero attached hydrogens (tertiary/aromatic N) is 3. The molecule has 5 nitrogen and oxygen atoms in total. The van der Waals surface area contributed by atoms with Gasteiger partial charge in [0.2, 0.25) is 5.91 Å². The minimum atomic E-state index is 0.113. The lowest BCUT2D eigenvalue weighted by molar-refractivity contribution is -0.126. The molecule has 3 rings (SSSR count). The summed E-state index contributed by atoms with van der Waals surface area (Å²) in [5, 5.41) is 8.19. The zero-order valence-corrected chi connectivity index (χ0v) is 15.4. The number of halogens is 1. The fraction of sp³-hybridized carbons (Fsp3) is 0.474. The van der Waals surface area contributed by atoms with Gasteiger partial charge in [0.05, 0.1) is 12.2 Å². The van der Waals surface area contributed by atoms with Crippen LogP contribution in [0.3, 0.4) is 0 Å². The van der Waals surface area contributed by atoms with E-state index >= 15 is 0 Å². The SMILES string of the molecule is Cc1ccn(CCNC(=O)C2CCN(Cc3ccccc3Cl)CC2)n1. The third-order valence-corrected chi connectivity index (χ3v) is 5.09. The van der Waals surface area contributed by atoms with Crippen molar-refractivity contribution in [3.8, 4) is 0 Å². The summed E-state index contributed by atoms with van der Waals surface area (Å²) in [6, 6.07) is 9.93. The number of nitrogens with one attached hydrogen (secondary N) is 1. The molecule has 0 spiro atoms. The van der Waals surface area contributed by atoms with Crippen LogP contribution in [0.25, 0.3) is 0 Å². The van der Waals surface area contributed by atoms with Gasteiger partial charge in [0.1, 0.15) is 0 Å². The lowest BCUT2D eigenvalue weighted by Crippen LogP contribution is -2.41. The van der Waals surface area contributed by atoms with Crippen molar-refractivity contribution in [2.45, 2.75) is 32.9 Å². The molecule has 2 heterocycles. The second-order valence-electron chi connectivity index (χ2n) is 6.65. The normalized spacial score (nSPS) is 16.1. The second kappa shape index (κ2) is 8.50. The van der Waals surface area contributed by atoms with Gasteiger partial charge in [0, 0.05) is 30.2 Å². The number of carbonyl (C=O) groups excluding carboxylic acids is 1. The van der Waals surface area contributed by atoms with E-state index in [9.17, 15) is 4.79 Å². The fourth-order valence-electron chi connectivity index (χ4n) is 3.25. The van der Waals surface area contributed by atoms with Crippen LogP contribution < -0.4 is 5.32 Å². The third kappa shape index (κ3) is 5.06. The summed E-state index contributed by atoms with van der Waals surface area (Å²) in [6.45, 7) is 6.02. The Morgan fingerprint density at radius 1 is 1.28 bits per heavy atom. The number of likely N-dealkylation sites (tertiary alicyclic amines) is 1. The molecule has 0 atom stereocenters. The number of benzene rings is 1. The predicted octanol–water partition coefficient (Wildman–Crippen LogP) is 2.87. The van der Waals surface area contributed by atoms with Crippen LogP contribution in [0.2, 0.25) is 5.02 Å². The van der Waals surface area contributed by atoms with Crippen LogP contribution in [0, 0.1) is 12.8 Å². The lowest BCUT2D eigenvalue weighted by atomic mass is 9.95. The molecule has 134 valence electrons. The van der Waals surface area contributed by atoms with Gasteiger partial charge in [-0.1, -0.05) is 29.8 Å². The van der Waals surface area contributed by atoms with Crippen LogP contribution in [0.15, 0.2) is 36.5 Å². The van der Waals surface area contributed by atoms with E-state index in [-0.39, 0.29) is 11.8 Å². The van der Waals surface area contributed by atoms with Crippen LogP contribution in [0.4, 0.5) is 0 Å². The van der Waals surface area contributed by atoms with Crippen molar-refractivity contribution in [2.75, 3.05) is 19.6 Å². The number of amides is 1. The Bertz CT molecular complexity index is 707. The third-order valence-electron chi connectivity index (χ3n) is 4.72. The molecule has 1 aromatic heterocycles. The average Bonchev–Trinajstić information content (AvgIpc) is 3.03. The number of aromatic nitrogens is 2. The number of piperidine rings is 1. The number of hydrogen-bond donors (Lipinski definition) is 1. The van der Waals surface area contributed by atoms with Gasteiger partial charge in [-0.15, -0.1) is 0 Å². The summed E-state index contributed by atoms with van der Waals surface area (Å²) >= 11 is 6.23. The molecule has 25 heavy (non-hydrogen) atoms. The van der Waals surface area contributed by atoms with Gasteiger partial charge in [0.15, 0.2) is 0 Å². The average molecular weight is 361 g/mol. The molecule has 0 bridgehead atoms. The van der Waals surface area contributed by atoms with E-state index in [4.69, 9.17) is 11.6 Å². The first-order valence-corrected chi connectivity index (χ1v) is 9.23. The monoisotopic (exact) mass is 360 g/mol.